The standard InChI is InChI=1S/C14H24N2O2/c1-13(2,3)11-12(18)16(8-5-10(17)15-11)9-14(4)6-7-14/h11H,5-9H2,1-4H3,(H,15,17). The first-order valence-electron chi connectivity index (χ1n) is 6.79. The van der Waals surface area contributed by atoms with E-state index in [4.69, 9.17) is 0 Å². The van der Waals surface area contributed by atoms with Crippen LogP contribution >= 0.6 is 0 Å². The van der Waals surface area contributed by atoms with Gasteiger partial charge in [0.1, 0.15) is 6.04 Å². The molecule has 1 atom stereocenters. The Morgan fingerprint density at radius 2 is 1.94 bits per heavy atom. The molecule has 2 amide bonds. The summed E-state index contributed by atoms with van der Waals surface area (Å²) < 4.78 is 0. The molecular formula is C14H24N2O2. The van der Waals surface area contributed by atoms with Gasteiger partial charge in [-0.1, -0.05) is 27.7 Å². The summed E-state index contributed by atoms with van der Waals surface area (Å²) in [7, 11) is 0. The minimum absolute atomic E-state index is 0.00766. The Kier molecular flexibility index (Phi) is 3.16. The van der Waals surface area contributed by atoms with E-state index in [2.05, 4.69) is 12.2 Å². The number of amides is 2. The molecule has 0 aromatic carbocycles. The van der Waals surface area contributed by atoms with Gasteiger partial charge in [-0.05, 0) is 23.7 Å². The van der Waals surface area contributed by atoms with Crippen LogP contribution < -0.4 is 5.32 Å². The van der Waals surface area contributed by atoms with Crippen molar-refractivity contribution < 1.29 is 9.59 Å². The Hall–Kier alpha value is -1.06. The molecule has 1 N–H and O–H groups in total. The molecule has 1 saturated heterocycles. The van der Waals surface area contributed by atoms with Crippen LogP contribution in [0.3, 0.4) is 0 Å². The van der Waals surface area contributed by atoms with Gasteiger partial charge in [0, 0.05) is 19.5 Å². The first-order chi connectivity index (χ1) is 8.21. The molecule has 1 aliphatic carbocycles. The second-order valence-electron chi connectivity index (χ2n) is 7.19. The van der Waals surface area contributed by atoms with Crippen LogP contribution in [0.2, 0.25) is 0 Å². The molecule has 4 nitrogen and oxygen atoms in total. The topological polar surface area (TPSA) is 49.4 Å². The Morgan fingerprint density at radius 3 is 2.44 bits per heavy atom. The molecule has 0 bridgehead atoms. The van der Waals surface area contributed by atoms with Crippen molar-refractivity contribution >= 4 is 11.8 Å². The monoisotopic (exact) mass is 252 g/mol. The molecule has 1 unspecified atom stereocenters. The van der Waals surface area contributed by atoms with E-state index in [1.54, 1.807) is 0 Å². The lowest BCUT2D eigenvalue weighted by Gasteiger charge is -2.33. The molecule has 0 radical (unpaired) electrons. The third kappa shape index (κ3) is 2.85. The Balaban J connectivity index is 2.15. The number of nitrogens with zero attached hydrogens (tertiary/aromatic N) is 1. The van der Waals surface area contributed by atoms with E-state index in [1.807, 2.05) is 25.7 Å². The van der Waals surface area contributed by atoms with E-state index in [-0.39, 0.29) is 17.2 Å². The SMILES string of the molecule is CC1(CN2CCC(=O)NC(C(C)(C)C)C2=O)CC1. The van der Waals surface area contributed by atoms with Crippen LogP contribution in [-0.2, 0) is 9.59 Å². The fourth-order valence-electron chi connectivity index (χ4n) is 2.40. The fraction of sp³-hybridized carbons (Fsp3) is 0.857. The van der Waals surface area contributed by atoms with Gasteiger partial charge in [0.05, 0.1) is 0 Å². The van der Waals surface area contributed by atoms with Crippen molar-refractivity contribution in [3.63, 3.8) is 0 Å². The minimum atomic E-state index is -0.394. The minimum Gasteiger partial charge on any atom is -0.344 e. The Bertz CT molecular complexity index is 366. The molecular weight excluding hydrogens is 228 g/mol. The molecule has 2 rings (SSSR count). The van der Waals surface area contributed by atoms with E-state index >= 15 is 0 Å². The van der Waals surface area contributed by atoms with Gasteiger partial charge in [-0.3, -0.25) is 9.59 Å². The largest absolute Gasteiger partial charge is 0.344 e. The van der Waals surface area contributed by atoms with Gasteiger partial charge >= 0.3 is 0 Å². The van der Waals surface area contributed by atoms with Crippen LogP contribution in [0, 0.1) is 10.8 Å². The van der Waals surface area contributed by atoms with E-state index in [0.29, 0.717) is 18.4 Å². The number of carbonyl (C=O) groups excluding carboxylic acids is 2. The average Bonchev–Trinajstić information content (AvgIpc) is 2.97. The van der Waals surface area contributed by atoms with Crippen LogP contribution in [0.15, 0.2) is 0 Å². The van der Waals surface area contributed by atoms with Crippen LogP contribution in [0.5, 0.6) is 0 Å². The lowest BCUT2D eigenvalue weighted by Crippen LogP contribution is -2.52. The zero-order valence-electron chi connectivity index (χ0n) is 11.9. The van der Waals surface area contributed by atoms with Gasteiger partial charge in [-0.25, -0.2) is 0 Å². The summed E-state index contributed by atoms with van der Waals surface area (Å²) in [4.78, 5) is 26.2. The van der Waals surface area contributed by atoms with E-state index in [0.717, 1.165) is 6.54 Å². The molecule has 2 fully saturated rings. The molecule has 1 aliphatic heterocycles. The van der Waals surface area contributed by atoms with Crippen molar-refractivity contribution in [1.29, 1.82) is 0 Å². The Labute approximate surface area is 109 Å². The number of hydrogen-bond donors (Lipinski definition) is 1. The summed E-state index contributed by atoms with van der Waals surface area (Å²) in [5.74, 6) is 0.0770. The molecule has 0 spiro atoms. The maximum Gasteiger partial charge on any atom is 0.245 e. The molecule has 102 valence electrons. The predicted octanol–water partition coefficient (Wildman–Crippen LogP) is 1.55. The first kappa shape index (κ1) is 13.4. The smallest absolute Gasteiger partial charge is 0.245 e. The highest BCUT2D eigenvalue weighted by Crippen LogP contribution is 2.45. The highest BCUT2D eigenvalue weighted by molar-refractivity contribution is 5.90. The summed E-state index contributed by atoms with van der Waals surface area (Å²) in [5, 5.41) is 2.87. The maximum absolute atomic E-state index is 12.6. The molecule has 1 heterocycles. The number of rotatable bonds is 2. The van der Waals surface area contributed by atoms with Gasteiger partial charge in [0.25, 0.3) is 0 Å². The average molecular weight is 252 g/mol. The van der Waals surface area contributed by atoms with Crippen molar-refractivity contribution in [2.75, 3.05) is 13.1 Å². The summed E-state index contributed by atoms with van der Waals surface area (Å²) in [6.45, 7) is 9.57. The van der Waals surface area contributed by atoms with Crippen molar-refractivity contribution in [2.24, 2.45) is 10.8 Å². The van der Waals surface area contributed by atoms with Gasteiger partial charge in [0.15, 0.2) is 0 Å². The first-order valence-corrected chi connectivity index (χ1v) is 6.79. The van der Waals surface area contributed by atoms with Crippen molar-refractivity contribution in [1.82, 2.24) is 10.2 Å². The van der Waals surface area contributed by atoms with Gasteiger partial charge in [-0.15, -0.1) is 0 Å². The summed E-state index contributed by atoms with van der Waals surface area (Å²) in [6, 6.07) is -0.394. The molecule has 0 aromatic heterocycles. The molecule has 18 heavy (non-hydrogen) atoms. The highest BCUT2D eigenvalue weighted by Gasteiger charge is 2.43. The third-order valence-electron chi connectivity index (χ3n) is 4.01. The van der Waals surface area contributed by atoms with Crippen molar-refractivity contribution in [3.8, 4) is 0 Å². The summed E-state index contributed by atoms with van der Waals surface area (Å²) in [5.41, 5.74) is 0.0608. The molecule has 4 heteroatoms. The number of nitrogens with one attached hydrogen (secondary N) is 1. The predicted molar refractivity (Wildman–Crippen MR) is 69.9 cm³/mol. The lowest BCUT2D eigenvalue weighted by atomic mass is 9.86. The molecule has 1 saturated carbocycles. The Morgan fingerprint density at radius 1 is 1.33 bits per heavy atom. The van der Waals surface area contributed by atoms with Gasteiger partial charge in [0.2, 0.25) is 11.8 Å². The highest BCUT2D eigenvalue weighted by atomic mass is 16.2. The molecule has 2 aliphatic rings. The van der Waals surface area contributed by atoms with Crippen LogP contribution in [0.25, 0.3) is 0 Å². The van der Waals surface area contributed by atoms with Gasteiger partial charge < -0.3 is 10.2 Å². The molecule has 0 aromatic rings. The normalized spacial score (nSPS) is 27.8. The van der Waals surface area contributed by atoms with Crippen LogP contribution in [0.4, 0.5) is 0 Å². The zero-order chi connectivity index (χ0) is 13.6. The van der Waals surface area contributed by atoms with Crippen molar-refractivity contribution in [3.05, 3.63) is 0 Å². The van der Waals surface area contributed by atoms with E-state index in [9.17, 15) is 9.59 Å². The van der Waals surface area contributed by atoms with Crippen molar-refractivity contribution in [2.45, 2.75) is 53.0 Å². The number of hydrogen-bond acceptors (Lipinski definition) is 2. The number of carbonyl (C=O) groups is 2. The van der Waals surface area contributed by atoms with Crippen LogP contribution in [0.1, 0.15) is 47.0 Å². The van der Waals surface area contributed by atoms with Gasteiger partial charge in [-0.2, -0.15) is 0 Å². The fourth-order valence-corrected chi connectivity index (χ4v) is 2.40. The zero-order valence-corrected chi connectivity index (χ0v) is 11.9. The lowest BCUT2D eigenvalue weighted by molar-refractivity contribution is -0.137. The second-order valence-corrected chi connectivity index (χ2v) is 7.19. The van der Waals surface area contributed by atoms with E-state index < -0.39 is 6.04 Å². The summed E-state index contributed by atoms with van der Waals surface area (Å²) in [6.07, 6.45) is 2.81. The second kappa shape index (κ2) is 4.25. The quantitative estimate of drug-likeness (QED) is 0.810. The van der Waals surface area contributed by atoms with E-state index in [1.165, 1.54) is 12.8 Å². The third-order valence-corrected chi connectivity index (χ3v) is 4.01. The maximum atomic E-state index is 12.6. The van der Waals surface area contributed by atoms with Crippen LogP contribution in [-0.4, -0.2) is 35.8 Å². The summed E-state index contributed by atoms with van der Waals surface area (Å²) >= 11 is 0.